The summed E-state index contributed by atoms with van der Waals surface area (Å²) in [5.41, 5.74) is -0.104. The molecule has 0 aliphatic rings. The van der Waals surface area contributed by atoms with Crippen LogP contribution in [0.25, 0.3) is 0 Å². The SMILES string of the molecule is CCOC(=O)c1nc(NCCCC(F)(F)F)sc1C(C)=O. The van der Waals surface area contributed by atoms with Gasteiger partial charge in [0.15, 0.2) is 16.6 Å². The van der Waals surface area contributed by atoms with Gasteiger partial charge in [0, 0.05) is 19.9 Å². The van der Waals surface area contributed by atoms with Gasteiger partial charge < -0.3 is 10.1 Å². The minimum Gasteiger partial charge on any atom is -0.461 e. The fourth-order valence-corrected chi connectivity index (χ4v) is 2.33. The number of nitrogens with zero attached hydrogens (tertiary/aromatic N) is 1. The van der Waals surface area contributed by atoms with E-state index in [9.17, 15) is 22.8 Å². The zero-order valence-corrected chi connectivity index (χ0v) is 12.4. The first kappa shape index (κ1) is 17.4. The van der Waals surface area contributed by atoms with Crippen LogP contribution < -0.4 is 5.32 Å². The van der Waals surface area contributed by atoms with Crippen LogP contribution in [-0.2, 0) is 4.74 Å². The lowest BCUT2D eigenvalue weighted by atomic mass is 10.3. The quantitative estimate of drug-likeness (QED) is 0.473. The fraction of sp³-hybridized carbons (Fsp3) is 0.583. The molecule has 1 heterocycles. The fourth-order valence-electron chi connectivity index (χ4n) is 1.46. The number of anilines is 1. The van der Waals surface area contributed by atoms with E-state index in [1.54, 1.807) is 6.92 Å². The zero-order valence-electron chi connectivity index (χ0n) is 11.5. The molecule has 118 valence electrons. The van der Waals surface area contributed by atoms with Crippen LogP contribution in [0.1, 0.15) is 46.8 Å². The second-order valence-corrected chi connectivity index (χ2v) is 5.12. The van der Waals surface area contributed by atoms with E-state index in [0.29, 0.717) is 0 Å². The Morgan fingerprint density at radius 1 is 1.38 bits per heavy atom. The van der Waals surface area contributed by atoms with Gasteiger partial charge in [-0.15, -0.1) is 0 Å². The molecule has 0 bridgehead atoms. The molecule has 1 N–H and O–H groups in total. The van der Waals surface area contributed by atoms with Crippen LogP contribution in [0.5, 0.6) is 0 Å². The first-order valence-electron chi connectivity index (χ1n) is 6.24. The highest BCUT2D eigenvalue weighted by Crippen LogP contribution is 2.25. The molecule has 1 aromatic heterocycles. The number of ether oxygens (including phenoxy) is 1. The second kappa shape index (κ2) is 7.39. The maximum absolute atomic E-state index is 12.0. The van der Waals surface area contributed by atoms with Crippen molar-refractivity contribution in [3.8, 4) is 0 Å². The van der Waals surface area contributed by atoms with Gasteiger partial charge in [-0.05, 0) is 13.3 Å². The summed E-state index contributed by atoms with van der Waals surface area (Å²) >= 11 is 0.926. The standard InChI is InChI=1S/C12H15F3N2O3S/c1-3-20-10(19)8-9(7(2)18)21-11(17-8)16-6-4-5-12(13,14)15/h3-6H2,1-2H3,(H,16,17). The number of esters is 1. The largest absolute Gasteiger partial charge is 0.461 e. The van der Waals surface area contributed by atoms with Gasteiger partial charge in [0.2, 0.25) is 0 Å². The van der Waals surface area contributed by atoms with E-state index in [1.807, 2.05) is 0 Å². The van der Waals surface area contributed by atoms with Crippen LogP contribution in [0.3, 0.4) is 0 Å². The van der Waals surface area contributed by atoms with Gasteiger partial charge in [-0.1, -0.05) is 11.3 Å². The first-order chi connectivity index (χ1) is 9.74. The number of ketones is 1. The lowest BCUT2D eigenvalue weighted by Gasteiger charge is -2.05. The van der Waals surface area contributed by atoms with E-state index in [-0.39, 0.29) is 41.1 Å². The highest BCUT2D eigenvalue weighted by Gasteiger charge is 2.26. The van der Waals surface area contributed by atoms with Crippen molar-refractivity contribution >= 4 is 28.2 Å². The van der Waals surface area contributed by atoms with E-state index in [0.717, 1.165) is 11.3 Å². The molecule has 0 amide bonds. The van der Waals surface area contributed by atoms with Gasteiger partial charge in [-0.2, -0.15) is 13.2 Å². The van der Waals surface area contributed by atoms with Crippen LogP contribution in [0, 0.1) is 0 Å². The van der Waals surface area contributed by atoms with Gasteiger partial charge >= 0.3 is 12.1 Å². The van der Waals surface area contributed by atoms with Crippen LogP contribution in [0.15, 0.2) is 0 Å². The van der Waals surface area contributed by atoms with Crippen LogP contribution in [-0.4, -0.2) is 36.1 Å². The number of hydrogen-bond acceptors (Lipinski definition) is 6. The minimum atomic E-state index is -4.20. The van der Waals surface area contributed by atoms with Crippen molar-refractivity contribution in [3.63, 3.8) is 0 Å². The van der Waals surface area contributed by atoms with Crippen molar-refractivity contribution in [3.05, 3.63) is 10.6 Å². The normalized spacial score (nSPS) is 11.3. The third-order valence-corrected chi connectivity index (χ3v) is 3.44. The predicted octanol–water partition coefficient (Wildman–Crippen LogP) is 3.28. The van der Waals surface area contributed by atoms with E-state index >= 15 is 0 Å². The van der Waals surface area contributed by atoms with Crippen molar-refractivity contribution in [2.24, 2.45) is 0 Å². The molecule has 0 spiro atoms. The summed E-state index contributed by atoms with van der Waals surface area (Å²) in [6.07, 6.45) is -5.23. The van der Waals surface area contributed by atoms with E-state index in [4.69, 9.17) is 4.74 Å². The maximum atomic E-state index is 12.0. The predicted molar refractivity (Wildman–Crippen MR) is 71.9 cm³/mol. The van der Waals surface area contributed by atoms with Crippen molar-refractivity contribution < 1.29 is 27.5 Å². The highest BCUT2D eigenvalue weighted by molar-refractivity contribution is 7.17. The summed E-state index contributed by atoms with van der Waals surface area (Å²) in [6, 6.07) is 0. The zero-order chi connectivity index (χ0) is 16.0. The topological polar surface area (TPSA) is 68.3 Å². The highest BCUT2D eigenvalue weighted by atomic mass is 32.1. The number of nitrogens with one attached hydrogen (secondary N) is 1. The Morgan fingerprint density at radius 2 is 2.05 bits per heavy atom. The number of hydrogen-bond donors (Lipinski definition) is 1. The number of carbonyl (C=O) groups is 2. The van der Waals surface area contributed by atoms with Gasteiger partial charge in [0.05, 0.1) is 6.61 Å². The van der Waals surface area contributed by atoms with Crippen molar-refractivity contribution in [1.29, 1.82) is 0 Å². The third-order valence-electron chi connectivity index (χ3n) is 2.33. The molecular formula is C12H15F3N2O3S. The molecule has 0 atom stereocenters. The number of rotatable bonds is 7. The molecule has 1 aromatic rings. The molecule has 0 aliphatic heterocycles. The van der Waals surface area contributed by atoms with E-state index < -0.39 is 18.6 Å². The van der Waals surface area contributed by atoms with E-state index in [1.165, 1.54) is 6.92 Å². The maximum Gasteiger partial charge on any atom is 0.389 e. The Bertz CT molecular complexity index is 514. The van der Waals surface area contributed by atoms with Crippen LogP contribution in [0.2, 0.25) is 0 Å². The molecule has 0 saturated heterocycles. The van der Waals surface area contributed by atoms with Gasteiger partial charge in [-0.3, -0.25) is 4.79 Å². The van der Waals surface area contributed by atoms with Crippen LogP contribution in [0.4, 0.5) is 18.3 Å². The molecule has 1 rings (SSSR count). The second-order valence-electron chi connectivity index (χ2n) is 4.12. The Kier molecular flexibility index (Phi) is 6.13. The summed E-state index contributed by atoms with van der Waals surface area (Å²) in [7, 11) is 0. The number of alkyl halides is 3. The number of halogens is 3. The average Bonchev–Trinajstić information content (AvgIpc) is 2.78. The molecule has 0 aromatic carbocycles. The molecule has 9 heteroatoms. The van der Waals surface area contributed by atoms with Crippen molar-refractivity contribution in [1.82, 2.24) is 4.98 Å². The lowest BCUT2D eigenvalue weighted by molar-refractivity contribution is -0.134. The first-order valence-corrected chi connectivity index (χ1v) is 7.05. The van der Waals surface area contributed by atoms with Gasteiger partial charge in [0.25, 0.3) is 0 Å². The molecular weight excluding hydrogens is 309 g/mol. The summed E-state index contributed by atoms with van der Waals surface area (Å²) in [5, 5.41) is 2.90. The Morgan fingerprint density at radius 3 is 2.57 bits per heavy atom. The molecule has 0 saturated carbocycles. The molecule has 0 radical (unpaired) electrons. The smallest absolute Gasteiger partial charge is 0.389 e. The van der Waals surface area contributed by atoms with Crippen LogP contribution >= 0.6 is 11.3 Å². The number of carbonyl (C=O) groups excluding carboxylic acids is 2. The van der Waals surface area contributed by atoms with Gasteiger partial charge in [-0.25, -0.2) is 9.78 Å². The molecule has 0 fully saturated rings. The Balaban J connectivity index is 2.70. The minimum absolute atomic E-state index is 0.0482. The monoisotopic (exact) mass is 324 g/mol. The van der Waals surface area contributed by atoms with Gasteiger partial charge in [0.1, 0.15) is 4.88 Å². The molecule has 5 nitrogen and oxygen atoms in total. The van der Waals surface area contributed by atoms with Crippen molar-refractivity contribution in [2.45, 2.75) is 32.9 Å². The summed E-state index contributed by atoms with van der Waals surface area (Å²) in [6.45, 7) is 3.09. The number of thiazole rings is 1. The molecule has 0 aliphatic carbocycles. The average molecular weight is 324 g/mol. The summed E-state index contributed by atoms with van der Waals surface area (Å²) in [4.78, 5) is 27.1. The summed E-state index contributed by atoms with van der Waals surface area (Å²) in [5.74, 6) is -1.07. The summed E-state index contributed by atoms with van der Waals surface area (Å²) < 4.78 is 40.8. The Hall–Kier alpha value is -1.64. The van der Waals surface area contributed by atoms with E-state index in [2.05, 4.69) is 10.3 Å². The third kappa shape index (κ3) is 5.70. The molecule has 21 heavy (non-hydrogen) atoms. The lowest BCUT2D eigenvalue weighted by Crippen LogP contribution is -2.11. The van der Waals surface area contributed by atoms with Crippen molar-refractivity contribution in [2.75, 3.05) is 18.5 Å². The number of Topliss-reactive ketones (excluding diaryl/α,β-unsaturated/α-hetero) is 1. The Labute approximate surface area is 123 Å². The molecule has 0 unspecified atom stereocenters. The number of aromatic nitrogens is 1.